The van der Waals surface area contributed by atoms with Crippen molar-refractivity contribution in [1.29, 1.82) is 0 Å². The van der Waals surface area contributed by atoms with Crippen molar-refractivity contribution in [3.63, 3.8) is 0 Å². The van der Waals surface area contributed by atoms with Crippen LogP contribution in [0.3, 0.4) is 0 Å². The van der Waals surface area contributed by atoms with E-state index in [0.717, 1.165) is 10.9 Å². The summed E-state index contributed by atoms with van der Waals surface area (Å²) in [4.78, 5) is 1.55. The average molecular weight is 181 g/mol. The van der Waals surface area contributed by atoms with E-state index in [1.807, 2.05) is 0 Å². The first-order valence-corrected chi connectivity index (χ1v) is 5.36. The maximum atomic E-state index is 5.88. The highest BCUT2D eigenvalue weighted by atomic mass is 32.1. The van der Waals surface area contributed by atoms with Gasteiger partial charge in [0.05, 0.1) is 5.00 Å². The third-order valence-corrected chi connectivity index (χ3v) is 4.00. The van der Waals surface area contributed by atoms with Gasteiger partial charge in [-0.3, -0.25) is 0 Å². The Bertz CT molecular complexity index is 301. The first-order valence-electron chi connectivity index (χ1n) is 4.55. The summed E-state index contributed by atoms with van der Waals surface area (Å²) in [7, 11) is 0. The normalized spacial score (nSPS) is 22.3. The number of hydrogen-bond acceptors (Lipinski definition) is 2. The van der Waals surface area contributed by atoms with Crippen LogP contribution in [0.5, 0.6) is 0 Å². The molecular formula is C10H15NS. The second kappa shape index (κ2) is 2.77. The predicted octanol–water partition coefficient (Wildman–Crippen LogP) is 2.76. The van der Waals surface area contributed by atoms with E-state index in [1.54, 1.807) is 21.8 Å². The van der Waals surface area contributed by atoms with E-state index in [0.29, 0.717) is 0 Å². The third-order valence-electron chi connectivity index (χ3n) is 2.81. The van der Waals surface area contributed by atoms with Gasteiger partial charge < -0.3 is 5.73 Å². The van der Waals surface area contributed by atoms with Crippen LogP contribution in [0, 0.1) is 12.8 Å². The van der Waals surface area contributed by atoms with E-state index < -0.39 is 0 Å². The van der Waals surface area contributed by atoms with Crippen LogP contribution in [-0.2, 0) is 12.8 Å². The minimum absolute atomic E-state index is 0.856. The first kappa shape index (κ1) is 8.11. The number of hydrogen-bond donors (Lipinski definition) is 1. The molecule has 1 aromatic heterocycles. The number of nitrogen functional groups attached to an aromatic ring is 1. The quantitative estimate of drug-likeness (QED) is 0.654. The summed E-state index contributed by atoms with van der Waals surface area (Å²) in [6.45, 7) is 4.48. The van der Waals surface area contributed by atoms with Crippen LogP contribution in [0.1, 0.15) is 29.3 Å². The summed E-state index contributed by atoms with van der Waals surface area (Å²) in [6.07, 6.45) is 3.83. The molecule has 1 atom stereocenters. The van der Waals surface area contributed by atoms with Crippen LogP contribution in [-0.4, -0.2) is 0 Å². The van der Waals surface area contributed by atoms with Gasteiger partial charge in [-0.25, -0.2) is 0 Å². The molecule has 0 amide bonds. The van der Waals surface area contributed by atoms with Gasteiger partial charge in [0, 0.05) is 4.88 Å². The van der Waals surface area contributed by atoms with E-state index in [2.05, 4.69) is 13.8 Å². The highest BCUT2D eigenvalue weighted by Crippen LogP contribution is 2.37. The molecule has 0 saturated carbocycles. The van der Waals surface area contributed by atoms with Crippen LogP contribution in [0.25, 0.3) is 0 Å². The Labute approximate surface area is 77.6 Å². The van der Waals surface area contributed by atoms with Crippen molar-refractivity contribution in [3.8, 4) is 0 Å². The Morgan fingerprint density at radius 3 is 3.00 bits per heavy atom. The van der Waals surface area contributed by atoms with Crippen molar-refractivity contribution in [3.05, 3.63) is 16.0 Å². The zero-order valence-electron chi connectivity index (χ0n) is 7.68. The first-order chi connectivity index (χ1) is 5.68. The fourth-order valence-corrected chi connectivity index (χ4v) is 3.22. The molecule has 0 aromatic carbocycles. The maximum Gasteiger partial charge on any atom is 0.0891 e. The lowest BCUT2D eigenvalue weighted by atomic mass is 9.89. The second-order valence-electron chi connectivity index (χ2n) is 3.84. The fourth-order valence-electron chi connectivity index (χ4n) is 1.93. The van der Waals surface area contributed by atoms with Crippen LogP contribution in [0.4, 0.5) is 5.00 Å². The van der Waals surface area contributed by atoms with E-state index >= 15 is 0 Å². The Morgan fingerprint density at radius 2 is 2.25 bits per heavy atom. The highest BCUT2D eigenvalue weighted by molar-refractivity contribution is 7.16. The highest BCUT2D eigenvalue weighted by Gasteiger charge is 2.20. The number of thiophene rings is 1. The maximum absolute atomic E-state index is 5.88. The molecule has 0 fully saturated rings. The summed E-state index contributed by atoms with van der Waals surface area (Å²) in [5, 5.41) is 1.04. The molecule has 0 saturated heterocycles. The molecule has 1 heterocycles. The van der Waals surface area contributed by atoms with Crippen molar-refractivity contribution >= 4 is 16.3 Å². The zero-order chi connectivity index (χ0) is 8.72. The molecule has 0 aliphatic heterocycles. The molecule has 1 aliphatic carbocycles. The smallest absolute Gasteiger partial charge is 0.0891 e. The van der Waals surface area contributed by atoms with Gasteiger partial charge in [0.25, 0.3) is 0 Å². The zero-order valence-corrected chi connectivity index (χ0v) is 8.50. The molecule has 1 unspecified atom stereocenters. The van der Waals surface area contributed by atoms with Crippen molar-refractivity contribution in [1.82, 2.24) is 0 Å². The summed E-state index contributed by atoms with van der Waals surface area (Å²) in [5.74, 6) is 0.856. The fraction of sp³-hybridized carbons (Fsp3) is 0.600. The van der Waals surface area contributed by atoms with Gasteiger partial charge in [0.1, 0.15) is 0 Å². The number of anilines is 1. The minimum atomic E-state index is 0.856. The van der Waals surface area contributed by atoms with E-state index in [1.165, 1.54) is 24.8 Å². The average Bonchev–Trinajstić information content (AvgIpc) is 2.28. The van der Waals surface area contributed by atoms with Crippen molar-refractivity contribution < 1.29 is 0 Å². The lowest BCUT2D eigenvalue weighted by molar-refractivity contribution is 0.506. The van der Waals surface area contributed by atoms with Crippen LogP contribution < -0.4 is 5.73 Å². The molecule has 66 valence electrons. The van der Waals surface area contributed by atoms with Gasteiger partial charge in [-0.2, -0.15) is 0 Å². The summed E-state index contributed by atoms with van der Waals surface area (Å²) in [6, 6.07) is 0. The van der Waals surface area contributed by atoms with Crippen molar-refractivity contribution in [2.45, 2.75) is 33.1 Å². The summed E-state index contributed by atoms with van der Waals surface area (Å²) >= 11 is 1.80. The molecule has 0 bridgehead atoms. The van der Waals surface area contributed by atoms with Gasteiger partial charge in [-0.15, -0.1) is 11.3 Å². The third kappa shape index (κ3) is 1.14. The molecule has 12 heavy (non-hydrogen) atoms. The van der Waals surface area contributed by atoms with Crippen molar-refractivity contribution in [2.75, 3.05) is 5.73 Å². The number of nitrogens with two attached hydrogens (primary N) is 1. The van der Waals surface area contributed by atoms with E-state index in [-0.39, 0.29) is 0 Å². The molecule has 1 aromatic rings. The van der Waals surface area contributed by atoms with E-state index in [4.69, 9.17) is 5.73 Å². The Morgan fingerprint density at radius 1 is 1.50 bits per heavy atom. The van der Waals surface area contributed by atoms with Crippen molar-refractivity contribution in [2.24, 2.45) is 5.92 Å². The second-order valence-corrected chi connectivity index (χ2v) is 4.98. The molecule has 1 nitrogen and oxygen atoms in total. The van der Waals surface area contributed by atoms with Crippen LogP contribution >= 0.6 is 11.3 Å². The molecule has 2 N–H and O–H groups in total. The molecule has 0 radical (unpaired) electrons. The Balaban J connectivity index is 2.43. The predicted molar refractivity (Wildman–Crippen MR) is 54.7 cm³/mol. The number of fused-ring (bicyclic) bond motifs is 1. The Hall–Kier alpha value is -0.500. The minimum Gasteiger partial charge on any atom is -0.390 e. The SMILES string of the molecule is Cc1c(N)sc2c1CCC(C)C2. The molecule has 0 spiro atoms. The summed E-state index contributed by atoms with van der Waals surface area (Å²) in [5.41, 5.74) is 8.78. The summed E-state index contributed by atoms with van der Waals surface area (Å²) < 4.78 is 0. The molecular weight excluding hydrogens is 166 g/mol. The van der Waals surface area contributed by atoms with Gasteiger partial charge in [0.15, 0.2) is 0 Å². The lowest BCUT2D eigenvalue weighted by Crippen LogP contribution is -2.09. The van der Waals surface area contributed by atoms with Gasteiger partial charge in [0.2, 0.25) is 0 Å². The van der Waals surface area contributed by atoms with E-state index in [9.17, 15) is 0 Å². The monoisotopic (exact) mass is 181 g/mol. The Kier molecular flexibility index (Phi) is 1.87. The standard InChI is InChI=1S/C10H15NS/c1-6-3-4-8-7(2)10(11)12-9(8)5-6/h6H,3-5,11H2,1-2H3. The molecule has 1 aliphatic rings. The van der Waals surface area contributed by atoms with Gasteiger partial charge in [-0.1, -0.05) is 6.92 Å². The topological polar surface area (TPSA) is 26.0 Å². The van der Waals surface area contributed by atoms with Crippen LogP contribution in [0.2, 0.25) is 0 Å². The van der Waals surface area contributed by atoms with Gasteiger partial charge in [-0.05, 0) is 43.2 Å². The van der Waals surface area contributed by atoms with Crippen LogP contribution in [0.15, 0.2) is 0 Å². The lowest BCUT2D eigenvalue weighted by Gasteiger charge is -2.17. The molecule has 2 heteroatoms. The largest absolute Gasteiger partial charge is 0.390 e. The number of rotatable bonds is 0. The molecule has 2 rings (SSSR count). The van der Waals surface area contributed by atoms with Gasteiger partial charge >= 0.3 is 0 Å².